The molecule has 0 saturated heterocycles. The van der Waals surface area contributed by atoms with Crippen LogP contribution < -0.4 is 0 Å². The zero-order valence-corrected chi connectivity index (χ0v) is 10.5. The van der Waals surface area contributed by atoms with Crippen LogP contribution >= 0.6 is 11.6 Å². The summed E-state index contributed by atoms with van der Waals surface area (Å²) in [5.74, 6) is -0.388. The van der Waals surface area contributed by atoms with Crippen molar-refractivity contribution in [3.8, 4) is 22.8 Å². The average Bonchev–Trinajstić information content (AvgIpc) is 2.41. The van der Waals surface area contributed by atoms with Crippen LogP contribution in [0.1, 0.15) is 0 Å². The molecule has 0 saturated carbocycles. The van der Waals surface area contributed by atoms with E-state index in [0.29, 0.717) is 27.3 Å². The van der Waals surface area contributed by atoms with Crippen LogP contribution in [0.2, 0.25) is 5.02 Å². The van der Waals surface area contributed by atoms with Gasteiger partial charge in [0.15, 0.2) is 11.5 Å². The lowest BCUT2D eigenvalue weighted by molar-refractivity contribution is 0.405. The SMILES string of the molecule is Oc1cccc(-c2cnc3cc(Cl)ccc3n2)c1O. The molecule has 4 nitrogen and oxygen atoms in total. The topological polar surface area (TPSA) is 66.2 Å². The Hall–Kier alpha value is -2.33. The molecule has 2 N–H and O–H groups in total. The van der Waals surface area contributed by atoms with Crippen LogP contribution in [0.4, 0.5) is 0 Å². The standard InChI is InChI=1S/C14H9ClN2O2/c15-8-4-5-10-11(6-8)16-7-12(17-10)9-2-1-3-13(18)14(9)19/h1-7,18-19H. The maximum atomic E-state index is 9.83. The maximum Gasteiger partial charge on any atom is 0.167 e. The van der Waals surface area contributed by atoms with Crippen molar-refractivity contribution in [2.45, 2.75) is 0 Å². The fraction of sp³-hybridized carbons (Fsp3) is 0. The van der Waals surface area contributed by atoms with Crippen LogP contribution in [0.3, 0.4) is 0 Å². The lowest BCUT2D eigenvalue weighted by Crippen LogP contribution is -1.89. The summed E-state index contributed by atoms with van der Waals surface area (Å²) in [7, 11) is 0. The Kier molecular flexibility index (Phi) is 2.72. The number of hydrogen-bond donors (Lipinski definition) is 2. The smallest absolute Gasteiger partial charge is 0.167 e. The largest absolute Gasteiger partial charge is 0.504 e. The van der Waals surface area contributed by atoms with Crippen LogP contribution in [0, 0.1) is 0 Å². The molecule has 2 aromatic carbocycles. The quantitative estimate of drug-likeness (QED) is 0.667. The number of phenols is 2. The van der Waals surface area contributed by atoms with E-state index in [-0.39, 0.29) is 11.5 Å². The molecule has 3 rings (SSSR count). The molecule has 0 fully saturated rings. The molecule has 0 aliphatic heterocycles. The minimum atomic E-state index is -0.204. The van der Waals surface area contributed by atoms with Crippen molar-refractivity contribution in [2.75, 3.05) is 0 Å². The summed E-state index contributed by atoms with van der Waals surface area (Å²) in [5, 5.41) is 19.9. The maximum absolute atomic E-state index is 9.83. The second-order valence-corrected chi connectivity index (χ2v) is 4.50. The molecule has 3 aromatic rings. The first-order chi connectivity index (χ1) is 9.15. The van der Waals surface area contributed by atoms with Crippen LogP contribution in [0.5, 0.6) is 11.5 Å². The van der Waals surface area contributed by atoms with Crippen molar-refractivity contribution in [3.05, 3.63) is 47.6 Å². The van der Waals surface area contributed by atoms with Gasteiger partial charge < -0.3 is 10.2 Å². The molecule has 94 valence electrons. The summed E-state index contributed by atoms with van der Waals surface area (Å²) in [6.45, 7) is 0. The first kappa shape index (κ1) is 11.7. The zero-order chi connectivity index (χ0) is 13.4. The Balaban J connectivity index is 2.20. The average molecular weight is 273 g/mol. The second kappa shape index (κ2) is 4.40. The summed E-state index contributed by atoms with van der Waals surface area (Å²) in [4.78, 5) is 8.65. The van der Waals surface area contributed by atoms with Gasteiger partial charge in [0.1, 0.15) is 0 Å². The van der Waals surface area contributed by atoms with Crippen LogP contribution in [0.25, 0.3) is 22.3 Å². The minimum Gasteiger partial charge on any atom is -0.504 e. The van der Waals surface area contributed by atoms with Gasteiger partial charge >= 0.3 is 0 Å². The molecular weight excluding hydrogens is 264 g/mol. The van der Waals surface area contributed by atoms with Crippen molar-refractivity contribution < 1.29 is 10.2 Å². The molecule has 5 heteroatoms. The highest BCUT2D eigenvalue weighted by Gasteiger charge is 2.10. The van der Waals surface area contributed by atoms with Gasteiger partial charge in [-0.15, -0.1) is 0 Å². The molecule has 0 aliphatic carbocycles. The first-order valence-corrected chi connectivity index (χ1v) is 5.96. The highest BCUT2D eigenvalue weighted by molar-refractivity contribution is 6.31. The number of aromatic nitrogens is 2. The van der Waals surface area contributed by atoms with E-state index in [1.54, 1.807) is 30.3 Å². The summed E-state index contributed by atoms with van der Waals surface area (Å²) < 4.78 is 0. The van der Waals surface area contributed by atoms with E-state index in [1.165, 1.54) is 12.3 Å². The first-order valence-electron chi connectivity index (χ1n) is 5.59. The second-order valence-electron chi connectivity index (χ2n) is 4.06. The van der Waals surface area contributed by atoms with Gasteiger partial charge in [0.2, 0.25) is 0 Å². The number of nitrogens with zero attached hydrogens (tertiary/aromatic N) is 2. The van der Waals surface area contributed by atoms with E-state index in [9.17, 15) is 10.2 Å². The summed E-state index contributed by atoms with van der Waals surface area (Å²) >= 11 is 5.88. The van der Waals surface area contributed by atoms with Crippen LogP contribution in [0.15, 0.2) is 42.6 Å². The van der Waals surface area contributed by atoms with Gasteiger partial charge in [0.05, 0.1) is 22.9 Å². The highest BCUT2D eigenvalue weighted by Crippen LogP contribution is 2.35. The Morgan fingerprint density at radius 1 is 1.00 bits per heavy atom. The van der Waals surface area contributed by atoms with Gasteiger partial charge in [0, 0.05) is 10.6 Å². The third-order valence-electron chi connectivity index (χ3n) is 2.79. The fourth-order valence-electron chi connectivity index (χ4n) is 1.85. The van der Waals surface area contributed by atoms with Gasteiger partial charge in [-0.2, -0.15) is 0 Å². The van der Waals surface area contributed by atoms with Crippen molar-refractivity contribution in [3.63, 3.8) is 0 Å². The Morgan fingerprint density at radius 3 is 2.68 bits per heavy atom. The molecule has 0 amide bonds. The van der Waals surface area contributed by atoms with E-state index in [2.05, 4.69) is 9.97 Å². The number of rotatable bonds is 1. The zero-order valence-electron chi connectivity index (χ0n) is 9.71. The van der Waals surface area contributed by atoms with Gasteiger partial charge in [0.25, 0.3) is 0 Å². The molecule has 1 aromatic heterocycles. The Bertz CT molecular complexity index is 774. The van der Waals surface area contributed by atoms with E-state index in [1.807, 2.05) is 0 Å². The molecule has 0 spiro atoms. The third kappa shape index (κ3) is 2.06. The number of para-hydroxylation sites is 1. The number of phenolic OH excluding ortho intramolecular Hbond substituents is 2. The third-order valence-corrected chi connectivity index (χ3v) is 3.03. The molecule has 0 aliphatic rings. The van der Waals surface area contributed by atoms with E-state index >= 15 is 0 Å². The molecular formula is C14H9ClN2O2. The molecule has 0 bridgehead atoms. The Labute approximate surface area is 114 Å². The molecule has 0 atom stereocenters. The molecule has 0 radical (unpaired) electrons. The van der Waals surface area contributed by atoms with Crippen molar-refractivity contribution in [1.82, 2.24) is 9.97 Å². The predicted octanol–water partition coefficient (Wildman–Crippen LogP) is 3.36. The van der Waals surface area contributed by atoms with Gasteiger partial charge in [-0.25, -0.2) is 4.98 Å². The summed E-state index contributed by atoms with van der Waals surface area (Å²) in [6.07, 6.45) is 1.53. The van der Waals surface area contributed by atoms with E-state index in [4.69, 9.17) is 11.6 Å². The van der Waals surface area contributed by atoms with Crippen molar-refractivity contribution >= 4 is 22.6 Å². The normalized spacial score (nSPS) is 10.8. The lowest BCUT2D eigenvalue weighted by atomic mass is 10.1. The summed E-state index contributed by atoms with van der Waals surface area (Å²) in [5.41, 5.74) is 2.27. The molecule has 19 heavy (non-hydrogen) atoms. The van der Waals surface area contributed by atoms with Crippen LogP contribution in [-0.2, 0) is 0 Å². The minimum absolute atomic E-state index is 0.185. The predicted molar refractivity (Wildman–Crippen MR) is 73.3 cm³/mol. The van der Waals surface area contributed by atoms with E-state index in [0.717, 1.165) is 0 Å². The van der Waals surface area contributed by atoms with Gasteiger partial charge in [-0.1, -0.05) is 17.7 Å². The summed E-state index contributed by atoms with van der Waals surface area (Å²) in [6, 6.07) is 9.92. The van der Waals surface area contributed by atoms with Gasteiger partial charge in [-0.3, -0.25) is 4.98 Å². The molecule has 1 heterocycles. The van der Waals surface area contributed by atoms with Crippen molar-refractivity contribution in [2.24, 2.45) is 0 Å². The lowest BCUT2D eigenvalue weighted by Gasteiger charge is -2.06. The monoisotopic (exact) mass is 272 g/mol. The number of hydrogen-bond acceptors (Lipinski definition) is 4. The highest BCUT2D eigenvalue weighted by atomic mass is 35.5. The van der Waals surface area contributed by atoms with E-state index < -0.39 is 0 Å². The van der Waals surface area contributed by atoms with Crippen LogP contribution in [-0.4, -0.2) is 20.2 Å². The van der Waals surface area contributed by atoms with Gasteiger partial charge in [-0.05, 0) is 30.3 Å². The fourth-order valence-corrected chi connectivity index (χ4v) is 2.02. The Morgan fingerprint density at radius 2 is 1.84 bits per heavy atom. The number of halogens is 1. The number of benzene rings is 2. The van der Waals surface area contributed by atoms with Crippen molar-refractivity contribution in [1.29, 1.82) is 0 Å². The number of fused-ring (bicyclic) bond motifs is 1. The number of aromatic hydroxyl groups is 2. The molecule has 0 unspecified atom stereocenters.